The van der Waals surface area contributed by atoms with E-state index >= 15 is 0 Å². The summed E-state index contributed by atoms with van der Waals surface area (Å²) in [7, 11) is 0. The van der Waals surface area contributed by atoms with E-state index in [0.29, 0.717) is 11.2 Å². The molecule has 0 radical (unpaired) electrons. The number of nitrogens with zero attached hydrogens (tertiary/aromatic N) is 3. The van der Waals surface area contributed by atoms with Gasteiger partial charge in [-0.05, 0) is 21.3 Å². The van der Waals surface area contributed by atoms with Gasteiger partial charge in [0.05, 0.1) is 18.1 Å². The molecule has 1 aromatic heterocycles. The lowest BCUT2D eigenvalue weighted by Crippen LogP contribution is -2.26. The zero-order valence-corrected chi connectivity index (χ0v) is 10.3. The SMILES string of the molecule is CC1(C)CC(=O)N(c2cnc(Br)nc2)C1. The molecule has 1 amide bonds. The Bertz CT molecular complexity index is 388. The first-order valence-corrected chi connectivity index (χ1v) is 5.55. The van der Waals surface area contributed by atoms with Gasteiger partial charge in [-0.1, -0.05) is 13.8 Å². The average molecular weight is 270 g/mol. The standard InChI is InChI=1S/C10H12BrN3O/c1-10(2)3-8(15)14(6-10)7-4-12-9(11)13-5-7/h4-5H,3,6H2,1-2H3. The van der Waals surface area contributed by atoms with E-state index < -0.39 is 0 Å². The number of amides is 1. The van der Waals surface area contributed by atoms with Crippen molar-refractivity contribution in [3.05, 3.63) is 17.1 Å². The lowest BCUT2D eigenvalue weighted by molar-refractivity contribution is -0.117. The molecule has 1 aliphatic rings. The average Bonchev–Trinajstić information content (AvgIpc) is 2.41. The van der Waals surface area contributed by atoms with Crippen molar-refractivity contribution >= 4 is 27.5 Å². The predicted octanol–water partition coefficient (Wildman–Crippen LogP) is 2.00. The van der Waals surface area contributed by atoms with Crippen molar-refractivity contribution in [3.8, 4) is 0 Å². The van der Waals surface area contributed by atoms with Gasteiger partial charge in [0, 0.05) is 13.0 Å². The van der Waals surface area contributed by atoms with Crippen molar-refractivity contribution in [1.82, 2.24) is 9.97 Å². The number of aromatic nitrogens is 2. The third kappa shape index (κ3) is 2.17. The van der Waals surface area contributed by atoms with Crippen LogP contribution in [0.3, 0.4) is 0 Å². The van der Waals surface area contributed by atoms with Crippen LogP contribution < -0.4 is 4.90 Å². The maximum atomic E-state index is 11.7. The molecule has 15 heavy (non-hydrogen) atoms. The summed E-state index contributed by atoms with van der Waals surface area (Å²) in [5, 5.41) is 0. The maximum absolute atomic E-state index is 11.7. The highest BCUT2D eigenvalue weighted by Gasteiger charge is 2.36. The molecular formula is C10H12BrN3O. The van der Waals surface area contributed by atoms with Crippen LogP contribution in [0, 0.1) is 5.41 Å². The maximum Gasteiger partial charge on any atom is 0.227 e. The van der Waals surface area contributed by atoms with Crippen LogP contribution in [0.5, 0.6) is 0 Å². The molecule has 0 aliphatic carbocycles. The molecule has 1 fully saturated rings. The fourth-order valence-electron chi connectivity index (χ4n) is 1.76. The minimum Gasteiger partial charge on any atom is -0.309 e. The Kier molecular flexibility index (Phi) is 2.50. The van der Waals surface area contributed by atoms with Gasteiger partial charge in [0.15, 0.2) is 4.73 Å². The van der Waals surface area contributed by atoms with E-state index in [1.807, 2.05) is 0 Å². The lowest BCUT2D eigenvalue weighted by Gasteiger charge is -2.18. The Morgan fingerprint density at radius 1 is 1.40 bits per heavy atom. The number of halogens is 1. The largest absolute Gasteiger partial charge is 0.309 e. The number of carbonyl (C=O) groups excluding carboxylic acids is 1. The summed E-state index contributed by atoms with van der Waals surface area (Å²) in [4.78, 5) is 21.5. The molecular weight excluding hydrogens is 258 g/mol. The van der Waals surface area contributed by atoms with E-state index in [4.69, 9.17) is 0 Å². The number of anilines is 1. The summed E-state index contributed by atoms with van der Waals surface area (Å²) in [6, 6.07) is 0. The molecule has 0 N–H and O–H groups in total. The molecule has 1 saturated heterocycles. The van der Waals surface area contributed by atoms with Gasteiger partial charge in [0.2, 0.25) is 5.91 Å². The number of hydrogen-bond acceptors (Lipinski definition) is 3. The number of carbonyl (C=O) groups is 1. The summed E-state index contributed by atoms with van der Waals surface area (Å²) in [5.74, 6) is 0.144. The van der Waals surface area contributed by atoms with Crippen molar-refractivity contribution in [2.75, 3.05) is 11.4 Å². The van der Waals surface area contributed by atoms with Crippen molar-refractivity contribution in [3.63, 3.8) is 0 Å². The summed E-state index contributed by atoms with van der Waals surface area (Å²) < 4.78 is 0.539. The van der Waals surface area contributed by atoms with E-state index in [1.165, 1.54) is 0 Å². The summed E-state index contributed by atoms with van der Waals surface area (Å²) in [6.45, 7) is 4.91. The second-order valence-electron chi connectivity index (χ2n) is 4.53. The molecule has 0 unspecified atom stereocenters. The van der Waals surface area contributed by atoms with Crippen LogP contribution in [0.1, 0.15) is 20.3 Å². The van der Waals surface area contributed by atoms with Gasteiger partial charge in [0.25, 0.3) is 0 Å². The molecule has 80 valence electrons. The first-order valence-electron chi connectivity index (χ1n) is 4.76. The normalized spacial score (nSPS) is 19.7. The minimum absolute atomic E-state index is 0.0458. The highest BCUT2D eigenvalue weighted by atomic mass is 79.9. The van der Waals surface area contributed by atoms with E-state index in [0.717, 1.165) is 12.2 Å². The van der Waals surface area contributed by atoms with E-state index in [2.05, 4.69) is 39.7 Å². The third-order valence-electron chi connectivity index (χ3n) is 2.44. The molecule has 2 heterocycles. The molecule has 4 nitrogen and oxygen atoms in total. The van der Waals surface area contributed by atoms with Gasteiger partial charge in [-0.2, -0.15) is 0 Å². The van der Waals surface area contributed by atoms with Crippen LogP contribution in [-0.2, 0) is 4.79 Å². The second kappa shape index (κ2) is 3.56. The zero-order valence-electron chi connectivity index (χ0n) is 8.70. The highest BCUT2D eigenvalue weighted by Crippen LogP contribution is 2.32. The van der Waals surface area contributed by atoms with Gasteiger partial charge in [-0.25, -0.2) is 9.97 Å². The molecule has 0 atom stereocenters. The zero-order chi connectivity index (χ0) is 11.1. The van der Waals surface area contributed by atoms with Crippen LogP contribution >= 0.6 is 15.9 Å². The fraction of sp³-hybridized carbons (Fsp3) is 0.500. The Morgan fingerprint density at radius 2 is 2.00 bits per heavy atom. The van der Waals surface area contributed by atoms with E-state index in [1.54, 1.807) is 17.3 Å². The number of hydrogen-bond donors (Lipinski definition) is 0. The molecule has 5 heteroatoms. The predicted molar refractivity (Wildman–Crippen MR) is 60.5 cm³/mol. The second-order valence-corrected chi connectivity index (χ2v) is 5.24. The Morgan fingerprint density at radius 3 is 2.47 bits per heavy atom. The Balaban J connectivity index is 2.25. The molecule has 0 aromatic carbocycles. The van der Waals surface area contributed by atoms with Gasteiger partial charge in [-0.15, -0.1) is 0 Å². The van der Waals surface area contributed by atoms with Crippen molar-refractivity contribution in [2.24, 2.45) is 5.41 Å². The van der Waals surface area contributed by atoms with Crippen LogP contribution in [0.25, 0.3) is 0 Å². The summed E-state index contributed by atoms with van der Waals surface area (Å²) in [6.07, 6.45) is 3.91. The van der Waals surface area contributed by atoms with Crippen LogP contribution in [0.4, 0.5) is 5.69 Å². The molecule has 0 spiro atoms. The van der Waals surface area contributed by atoms with Crippen molar-refractivity contribution < 1.29 is 4.79 Å². The molecule has 2 rings (SSSR count). The van der Waals surface area contributed by atoms with Gasteiger partial charge in [0.1, 0.15) is 0 Å². The van der Waals surface area contributed by atoms with Crippen LogP contribution in [0.2, 0.25) is 0 Å². The Labute approximate surface area is 96.8 Å². The minimum atomic E-state index is 0.0458. The molecule has 0 bridgehead atoms. The quantitative estimate of drug-likeness (QED) is 0.733. The first kappa shape index (κ1) is 10.5. The van der Waals surface area contributed by atoms with E-state index in [9.17, 15) is 4.79 Å². The smallest absolute Gasteiger partial charge is 0.227 e. The third-order valence-corrected chi connectivity index (χ3v) is 2.84. The number of rotatable bonds is 1. The molecule has 0 saturated carbocycles. The van der Waals surface area contributed by atoms with Gasteiger partial charge >= 0.3 is 0 Å². The fourth-order valence-corrected chi connectivity index (χ4v) is 1.96. The van der Waals surface area contributed by atoms with Crippen LogP contribution in [0.15, 0.2) is 17.1 Å². The molecule has 1 aromatic rings. The summed E-state index contributed by atoms with van der Waals surface area (Å²) in [5.41, 5.74) is 0.818. The topological polar surface area (TPSA) is 46.1 Å². The Hall–Kier alpha value is -0.970. The summed E-state index contributed by atoms with van der Waals surface area (Å²) >= 11 is 3.17. The van der Waals surface area contributed by atoms with Gasteiger partial charge < -0.3 is 4.90 Å². The lowest BCUT2D eigenvalue weighted by atomic mass is 9.93. The van der Waals surface area contributed by atoms with E-state index in [-0.39, 0.29) is 11.3 Å². The monoisotopic (exact) mass is 269 g/mol. The van der Waals surface area contributed by atoms with Crippen LogP contribution in [-0.4, -0.2) is 22.4 Å². The highest BCUT2D eigenvalue weighted by molar-refractivity contribution is 9.10. The first-order chi connectivity index (χ1) is 6.98. The van der Waals surface area contributed by atoms with Crippen molar-refractivity contribution in [1.29, 1.82) is 0 Å². The molecule has 1 aliphatic heterocycles. The van der Waals surface area contributed by atoms with Gasteiger partial charge in [-0.3, -0.25) is 4.79 Å². The van der Waals surface area contributed by atoms with Crippen molar-refractivity contribution in [2.45, 2.75) is 20.3 Å².